The Balaban J connectivity index is 1.55. The van der Waals surface area contributed by atoms with Crippen LogP contribution in [-0.2, 0) is 11.2 Å². The molecule has 0 saturated carbocycles. The molecule has 120 valence electrons. The van der Waals surface area contributed by atoms with Gasteiger partial charge < -0.3 is 14.7 Å². The molecule has 1 saturated heterocycles. The van der Waals surface area contributed by atoms with E-state index < -0.39 is 0 Å². The number of rotatable bonds is 4. The molecule has 0 N–H and O–H groups in total. The average molecular weight is 301 g/mol. The van der Waals surface area contributed by atoms with Gasteiger partial charge in [-0.15, -0.1) is 0 Å². The number of likely N-dealkylation sites (N-methyl/N-ethyl adjacent to an activating group) is 1. The summed E-state index contributed by atoms with van der Waals surface area (Å²) in [7, 11) is 0. The molecular weight excluding hydrogens is 274 g/mol. The smallest absolute Gasteiger partial charge is 0.228 e. The van der Waals surface area contributed by atoms with Crippen molar-refractivity contribution in [1.29, 1.82) is 0 Å². The fraction of sp³-hybridized carbons (Fsp3) is 0.611. The van der Waals surface area contributed by atoms with Gasteiger partial charge in [0.15, 0.2) is 0 Å². The Morgan fingerprint density at radius 2 is 1.82 bits per heavy atom. The molecule has 0 radical (unpaired) electrons. The zero-order valence-corrected chi connectivity index (χ0v) is 13.8. The molecule has 2 aliphatic rings. The van der Waals surface area contributed by atoms with Crippen molar-refractivity contribution in [2.75, 3.05) is 44.2 Å². The highest BCUT2D eigenvalue weighted by Crippen LogP contribution is 2.32. The largest absolute Gasteiger partial charge is 0.309 e. The Labute approximate surface area is 133 Å². The summed E-state index contributed by atoms with van der Waals surface area (Å²) in [4.78, 5) is 19.6. The summed E-state index contributed by atoms with van der Waals surface area (Å²) in [5.41, 5.74) is 2.43. The molecule has 1 fully saturated rings. The predicted octanol–water partition coefficient (Wildman–Crippen LogP) is 1.99. The molecule has 1 aromatic rings. The van der Waals surface area contributed by atoms with E-state index in [4.69, 9.17) is 0 Å². The van der Waals surface area contributed by atoms with Gasteiger partial charge in [0.1, 0.15) is 0 Å². The quantitative estimate of drug-likeness (QED) is 0.851. The third kappa shape index (κ3) is 3.18. The number of para-hydroxylation sites is 1. The molecule has 2 heterocycles. The third-order valence-electron chi connectivity index (χ3n) is 5.03. The van der Waals surface area contributed by atoms with Crippen LogP contribution in [0.25, 0.3) is 0 Å². The second-order valence-electron chi connectivity index (χ2n) is 6.47. The van der Waals surface area contributed by atoms with Crippen LogP contribution in [0.1, 0.15) is 25.8 Å². The molecule has 1 unspecified atom stereocenters. The van der Waals surface area contributed by atoms with Crippen LogP contribution in [0.2, 0.25) is 0 Å². The first-order chi connectivity index (χ1) is 10.7. The second kappa shape index (κ2) is 6.80. The minimum Gasteiger partial charge on any atom is -0.309 e. The van der Waals surface area contributed by atoms with E-state index in [1.807, 2.05) is 11.0 Å². The molecule has 3 rings (SSSR count). The number of amides is 1. The van der Waals surface area contributed by atoms with E-state index in [0.717, 1.165) is 51.4 Å². The van der Waals surface area contributed by atoms with Crippen molar-refractivity contribution in [3.05, 3.63) is 29.8 Å². The second-order valence-corrected chi connectivity index (χ2v) is 6.47. The minimum absolute atomic E-state index is 0.273. The van der Waals surface area contributed by atoms with E-state index in [1.165, 1.54) is 5.56 Å². The van der Waals surface area contributed by atoms with Gasteiger partial charge in [-0.2, -0.15) is 0 Å². The van der Waals surface area contributed by atoms with Gasteiger partial charge in [-0.1, -0.05) is 25.1 Å². The molecule has 0 spiro atoms. The number of nitrogens with zero attached hydrogens (tertiary/aromatic N) is 3. The predicted molar refractivity (Wildman–Crippen MR) is 90.3 cm³/mol. The maximum Gasteiger partial charge on any atom is 0.228 e. The highest BCUT2D eigenvalue weighted by molar-refractivity contribution is 5.96. The van der Waals surface area contributed by atoms with E-state index >= 15 is 0 Å². The van der Waals surface area contributed by atoms with Gasteiger partial charge >= 0.3 is 0 Å². The minimum atomic E-state index is 0.273. The van der Waals surface area contributed by atoms with E-state index in [1.54, 1.807) is 0 Å². The highest BCUT2D eigenvalue weighted by atomic mass is 16.2. The van der Waals surface area contributed by atoms with Crippen LogP contribution >= 0.6 is 0 Å². The Hall–Kier alpha value is -1.39. The molecule has 4 nitrogen and oxygen atoms in total. The monoisotopic (exact) mass is 301 g/mol. The van der Waals surface area contributed by atoms with Gasteiger partial charge in [0.25, 0.3) is 0 Å². The molecule has 4 heteroatoms. The van der Waals surface area contributed by atoms with Crippen LogP contribution in [0.5, 0.6) is 0 Å². The number of piperazine rings is 1. The zero-order chi connectivity index (χ0) is 15.5. The maximum atomic E-state index is 12.7. The molecule has 0 aromatic heterocycles. The lowest BCUT2D eigenvalue weighted by Crippen LogP contribution is -2.47. The molecule has 0 aliphatic carbocycles. The fourth-order valence-corrected chi connectivity index (χ4v) is 3.65. The third-order valence-corrected chi connectivity index (χ3v) is 5.03. The van der Waals surface area contributed by atoms with Crippen LogP contribution in [0.3, 0.4) is 0 Å². The van der Waals surface area contributed by atoms with Crippen molar-refractivity contribution < 1.29 is 4.79 Å². The first-order valence-electron chi connectivity index (χ1n) is 8.53. The molecular formula is C18H27N3O. The van der Waals surface area contributed by atoms with Crippen molar-refractivity contribution in [1.82, 2.24) is 9.80 Å². The Morgan fingerprint density at radius 3 is 2.55 bits per heavy atom. The number of benzene rings is 1. The van der Waals surface area contributed by atoms with Crippen molar-refractivity contribution >= 4 is 11.6 Å². The van der Waals surface area contributed by atoms with Gasteiger partial charge in [0.2, 0.25) is 5.91 Å². The highest BCUT2D eigenvalue weighted by Gasteiger charge is 2.30. The lowest BCUT2D eigenvalue weighted by atomic mass is 10.1. The van der Waals surface area contributed by atoms with Crippen molar-refractivity contribution in [3.63, 3.8) is 0 Å². The average Bonchev–Trinajstić information content (AvgIpc) is 2.89. The normalized spacial score (nSPS) is 22.8. The van der Waals surface area contributed by atoms with Crippen LogP contribution in [0.4, 0.5) is 5.69 Å². The molecule has 22 heavy (non-hydrogen) atoms. The summed E-state index contributed by atoms with van der Waals surface area (Å²) in [6.45, 7) is 10.8. The van der Waals surface area contributed by atoms with Crippen LogP contribution in [0, 0.1) is 0 Å². The van der Waals surface area contributed by atoms with Gasteiger partial charge in [-0.25, -0.2) is 0 Å². The van der Waals surface area contributed by atoms with Gasteiger partial charge in [-0.3, -0.25) is 4.79 Å². The number of carbonyl (C=O) groups is 1. The van der Waals surface area contributed by atoms with E-state index in [0.29, 0.717) is 12.5 Å². The van der Waals surface area contributed by atoms with Crippen molar-refractivity contribution in [2.24, 2.45) is 0 Å². The SMILES string of the molecule is CCN1CCN(CCC(=O)N2c3ccccc3CC2C)CC1. The number of anilines is 1. The number of hydrogen-bond acceptors (Lipinski definition) is 3. The molecule has 1 atom stereocenters. The summed E-state index contributed by atoms with van der Waals surface area (Å²) in [5, 5.41) is 0. The first kappa shape index (κ1) is 15.5. The maximum absolute atomic E-state index is 12.7. The first-order valence-corrected chi connectivity index (χ1v) is 8.53. The summed E-state index contributed by atoms with van der Waals surface area (Å²) in [5.74, 6) is 0.273. The van der Waals surface area contributed by atoms with Crippen LogP contribution < -0.4 is 4.90 Å². The van der Waals surface area contributed by atoms with Crippen molar-refractivity contribution in [3.8, 4) is 0 Å². The Bertz CT molecular complexity index is 523. The summed E-state index contributed by atoms with van der Waals surface area (Å²) >= 11 is 0. The van der Waals surface area contributed by atoms with Gasteiger partial charge in [0.05, 0.1) is 0 Å². The van der Waals surface area contributed by atoms with E-state index in [9.17, 15) is 4.79 Å². The standard InChI is InChI=1S/C18H27N3O/c1-3-19-10-12-20(13-11-19)9-8-18(22)21-15(2)14-16-6-4-5-7-17(16)21/h4-7,15H,3,8-14H2,1-2H3. The lowest BCUT2D eigenvalue weighted by Gasteiger charge is -2.34. The van der Waals surface area contributed by atoms with Crippen molar-refractivity contribution in [2.45, 2.75) is 32.7 Å². The summed E-state index contributed by atoms with van der Waals surface area (Å²) in [6.07, 6.45) is 1.61. The van der Waals surface area contributed by atoms with E-state index in [-0.39, 0.29) is 5.91 Å². The zero-order valence-electron chi connectivity index (χ0n) is 13.8. The lowest BCUT2D eigenvalue weighted by molar-refractivity contribution is -0.119. The summed E-state index contributed by atoms with van der Waals surface area (Å²) in [6, 6.07) is 8.61. The van der Waals surface area contributed by atoms with Crippen LogP contribution in [0.15, 0.2) is 24.3 Å². The Morgan fingerprint density at radius 1 is 1.14 bits per heavy atom. The number of hydrogen-bond donors (Lipinski definition) is 0. The number of fused-ring (bicyclic) bond motifs is 1. The molecule has 2 aliphatic heterocycles. The summed E-state index contributed by atoms with van der Waals surface area (Å²) < 4.78 is 0. The fourth-order valence-electron chi connectivity index (χ4n) is 3.65. The molecule has 1 amide bonds. The van der Waals surface area contributed by atoms with Gasteiger partial charge in [-0.05, 0) is 31.5 Å². The Kier molecular flexibility index (Phi) is 4.79. The topological polar surface area (TPSA) is 26.8 Å². The van der Waals surface area contributed by atoms with Crippen LogP contribution in [-0.4, -0.2) is 61.0 Å². The molecule has 0 bridgehead atoms. The van der Waals surface area contributed by atoms with E-state index in [2.05, 4.69) is 41.8 Å². The number of carbonyl (C=O) groups excluding carboxylic acids is 1. The molecule has 1 aromatic carbocycles. The van der Waals surface area contributed by atoms with Gasteiger partial charge in [0, 0.05) is 50.9 Å².